The molecule has 5 nitrogen and oxygen atoms in total. The fraction of sp³-hybridized carbons (Fsp3) is 0. The molecule has 0 N–H and O–H groups in total. The summed E-state index contributed by atoms with van der Waals surface area (Å²) in [6.45, 7) is 0. The zero-order valence-corrected chi connectivity index (χ0v) is 27.4. The van der Waals surface area contributed by atoms with E-state index in [1.165, 1.54) is 4.70 Å². The number of thiophene rings is 1. The van der Waals surface area contributed by atoms with Crippen LogP contribution in [0.3, 0.4) is 0 Å². The number of nitrogens with zero attached hydrogens (tertiary/aromatic N) is 4. The van der Waals surface area contributed by atoms with E-state index in [4.69, 9.17) is 24.4 Å². The van der Waals surface area contributed by atoms with E-state index in [-0.39, 0.29) is 0 Å². The first-order valence-corrected chi connectivity index (χ1v) is 17.3. The van der Waals surface area contributed by atoms with Gasteiger partial charge in [0, 0.05) is 43.1 Å². The molecule has 234 valence electrons. The zero-order chi connectivity index (χ0) is 33.0. The highest BCUT2D eigenvalue weighted by Crippen LogP contribution is 2.43. The molecule has 0 saturated carbocycles. The minimum absolute atomic E-state index is 0.625. The molecule has 0 spiro atoms. The molecule has 50 heavy (non-hydrogen) atoms. The SMILES string of the molecule is c1ccc(-c2cc(-c3ccccc3)nc(-c3cccc4oc5c(-c6nc(-c7ccccc7)c7sc8ccccc8c7n6)cccc5c34)n2)cc1. The molecule has 0 aliphatic carbocycles. The Labute approximate surface area is 291 Å². The van der Waals surface area contributed by atoms with Gasteiger partial charge in [0.15, 0.2) is 11.6 Å². The number of hydrogen-bond acceptors (Lipinski definition) is 6. The van der Waals surface area contributed by atoms with E-state index in [1.54, 1.807) is 11.3 Å². The Hall–Kier alpha value is -6.50. The molecule has 4 aromatic heterocycles. The lowest BCUT2D eigenvalue weighted by Gasteiger charge is -2.10. The molecule has 0 bridgehead atoms. The Morgan fingerprint density at radius 3 is 1.76 bits per heavy atom. The van der Waals surface area contributed by atoms with Crippen molar-refractivity contribution in [3.05, 3.63) is 158 Å². The van der Waals surface area contributed by atoms with Gasteiger partial charge in [0.1, 0.15) is 11.2 Å². The highest BCUT2D eigenvalue weighted by molar-refractivity contribution is 7.26. The van der Waals surface area contributed by atoms with Crippen LogP contribution in [0.15, 0.2) is 162 Å². The number of para-hydroxylation sites is 1. The lowest BCUT2D eigenvalue weighted by atomic mass is 10.0. The maximum absolute atomic E-state index is 6.72. The van der Waals surface area contributed by atoms with Gasteiger partial charge in [0.2, 0.25) is 0 Å². The molecule has 0 atom stereocenters. The van der Waals surface area contributed by atoms with Crippen molar-refractivity contribution in [1.82, 2.24) is 19.9 Å². The zero-order valence-electron chi connectivity index (χ0n) is 26.6. The number of rotatable bonds is 5. The van der Waals surface area contributed by atoms with Crippen LogP contribution in [0.2, 0.25) is 0 Å². The Morgan fingerprint density at radius 2 is 1.04 bits per heavy atom. The minimum Gasteiger partial charge on any atom is -0.455 e. The van der Waals surface area contributed by atoms with Crippen LogP contribution in [-0.2, 0) is 0 Å². The van der Waals surface area contributed by atoms with E-state index in [1.807, 2.05) is 54.6 Å². The third-order valence-corrected chi connectivity index (χ3v) is 10.3. The summed E-state index contributed by atoms with van der Waals surface area (Å²) in [5.41, 5.74) is 9.92. The topological polar surface area (TPSA) is 64.7 Å². The fourth-order valence-electron chi connectivity index (χ4n) is 6.79. The average molecular weight is 659 g/mol. The Balaban J connectivity index is 1.21. The average Bonchev–Trinajstić information content (AvgIpc) is 3.77. The van der Waals surface area contributed by atoms with Crippen molar-refractivity contribution < 1.29 is 4.42 Å². The summed E-state index contributed by atoms with van der Waals surface area (Å²) < 4.78 is 8.98. The van der Waals surface area contributed by atoms with E-state index in [9.17, 15) is 0 Å². The first kappa shape index (κ1) is 28.5. The standard InChI is InChI=1S/C44H26N4OS/c1-4-14-27(15-5-1)34-26-35(28-16-6-2-7-17-28)46-43(45-34)32-22-13-24-36-38(32)31-21-12-23-33(41(31)49-36)44-47-39(29-18-8-3-9-19-29)42-40(48-44)30-20-10-11-25-37(30)50-42/h1-26H. The fourth-order valence-corrected chi connectivity index (χ4v) is 7.95. The third-order valence-electron chi connectivity index (χ3n) is 9.14. The molecule has 4 heterocycles. The van der Waals surface area contributed by atoms with Crippen molar-refractivity contribution in [1.29, 1.82) is 0 Å². The predicted octanol–water partition coefficient (Wildman–Crippen LogP) is 11.9. The molecule has 0 unspecified atom stereocenters. The summed E-state index contributed by atoms with van der Waals surface area (Å²) in [4.78, 5) is 20.8. The minimum atomic E-state index is 0.625. The van der Waals surface area contributed by atoms with Crippen molar-refractivity contribution in [2.75, 3.05) is 0 Å². The smallest absolute Gasteiger partial charge is 0.164 e. The van der Waals surface area contributed by atoms with Gasteiger partial charge in [-0.25, -0.2) is 19.9 Å². The van der Waals surface area contributed by atoms with Gasteiger partial charge in [-0.15, -0.1) is 11.3 Å². The summed E-state index contributed by atoms with van der Waals surface area (Å²) in [5, 5.41) is 3.04. The molecule has 6 heteroatoms. The Kier molecular flexibility index (Phi) is 6.60. The van der Waals surface area contributed by atoms with E-state index >= 15 is 0 Å². The van der Waals surface area contributed by atoms with Crippen LogP contribution in [0, 0.1) is 0 Å². The monoisotopic (exact) mass is 658 g/mol. The van der Waals surface area contributed by atoms with Crippen molar-refractivity contribution in [3.63, 3.8) is 0 Å². The molecular formula is C44H26N4OS. The maximum atomic E-state index is 6.72. The third kappa shape index (κ3) is 4.69. The predicted molar refractivity (Wildman–Crippen MR) is 205 cm³/mol. The lowest BCUT2D eigenvalue weighted by molar-refractivity contribution is 0.669. The largest absolute Gasteiger partial charge is 0.455 e. The van der Waals surface area contributed by atoms with Gasteiger partial charge >= 0.3 is 0 Å². The van der Waals surface area contributed by atoms with Crippen LogP contribution in [0.25, 0.3) is 98.8 Å². The number of benzene rings is 6. The van der Waals surface area contributed by atoms with Crippen LogP contribution in [0.5, 0.6) is 0 Å². The summed E-state index contributed by atoms with van der Waals surface area (Å²) in [6.07, 6.45) is 0. The second kappa shape index (κ2) is 11.6. The molecule has 0 aliphatic heterocycles. The quantitative estimate of drug-likeness (QED) is 0.184. The molecule has 0 saturated heterocycles. The second-order valence-electron chi connectivity index (χ2n) is 12.2. The van der Waals surface area contributed by atoms with Crippen LogP contribution >= 0.6 is 11.3 Å². The van der Waals surface area contributed by atoms with Gasteiger partial charge < -0.3 is 4.42 Å². The summed E-state index contributed by atoms with van der Waals surface area (Å²) in [7, 11) is 0. The van der Waals surface area contributed by atoms with Crippen molar-refractivity contribution >= 4 is 53.6 Å². The first-order chi connectivity index (χ1) is 24.8. The van der Waals surface area contributed by atoms with Crippen molar-refractivity contribution in [2.24, 2.45) is 0 Å². The second-order valence-corrected chi connectivity index (χ2v) is 13.2. The molecule has 0 fully saturated rings. The van der Waals surface area contributed by atoms with E-state index in [2.05, 4.69) is 103 Å². The molecule has 0 aliphatic rings. The molecular weight excluding hydrogens is 633 g/mol. The highest BCUT2D eigenvalue weighted by Gasteiger charge is 2.22. The van der Waals surface area contributed by atoms with Gasteiger partial charge in [0.05, 0.1) is 32.9 Å². The van der Waals surface area contributed by atoms with Gasteiger partial charge in [-0.2, -0.15) is 0 Å². The van der Waals surface area contributed by atoms with Crippen molar-refractivity contribution in [3.8, 4) is 56.5 Å². The van der Waals surface area contributed by atoms with Crippen molar-refractivity contribution in [2.45, 2.75) is 0 Å². The summed E-state index contributed by atoms with van der Waals surface area (Å²) in [6, 6.07) is 53.6. The number of fused-ring (bicyclic) bond motifs is 6. The summed E-state index contributed by atoms with van der Waals surface area (Å²) >= 11 is 1.73. The molecule has 10 rings (SSSR count). The van der Waals surface area contributed by atoms with Gasteiger partial charge in [0.25, 0.3) is 0 Å². The Morgan fingerprint density at radius 1 is 0.460 bits per heavy atom. The Bertz CT molecular complexity index is 2810. The summed E-state index contributed by atoms with van der Waals surface area (Å²) in [5.74, 6) is 1.26. The molecule has 0 amide bonds. The number of aromatic nitrogens is 4. The van der Waals surface area contributed by atoms with E-state index in [0.717, 1.165) is 82.4 Å². The number of furan rings is 1. The van der Waals surface area contributed by atoms with Crippen LogP contribution < -0.4 is 0 Å². The van der Waals surface area contributed by atoms with Gasteiger partial charge in [-0.1, -0.05) is 133 Å². The lowest BCUT2D eigenvalue weighted by Crippen LogP contribution is -1.96. The maximum Gasteiger partial charge on any atom is 0.164 e. The highest BCUT2D eigenvalue weighted by atomic mass is 32.1. The number of hydrogen-bond donors (Lipinski definition) is 0. The van der Waals surface area contributed by atoms with Gasteiger partial charge in [-0.3, -0.25) is 0 Å². The van der Waals surface area contributed by atoms with Gasteiger partial charge in [-0.05, 0) is 24.3 Å². The normalized spacial score (nSPS) is 11.6. The molecule has 6 aromatic carbocycles. The van der Waals surface area contributed by atoms with E-state index in [0.29, 0.717) is 11.6 Å². The molecule has 10 aromatic rings. The van der Waals surface area contributed by atoms with E-state index < -0.39 is 0 Å². The molecule has 0 radical (unpaired) electrons. The first-order valence-electron chi connectivity index (χ1n) is 16.5. The van der Waals surface area contributed by atoms with Crippen LogP contribution in [-0.4, -0.2) is 19.9 Å². The van der Waals surface area contributed by atoms with Crippen LogP contribution in [0.4, 0.5) is 0 Å². The van der Waals surface area contributed by atoms with Crippen LogP contribution in [0.1, 0.15) is 0 Å².